The van der Waals surface area contributed by atoms with Gasteiger partial charge in [-0.1, -0.05) is 56.2 Å². The van der Waals surface area contributed by atoms with Crippen LogP contribution in [-0.2, 0) is 37.0 Å². The minimum Gasteiger partial charge on any atom is -0.465 e. The number of aliphatic hydroxyl groups is 1. The zero-order valence-corrected chi connectivity index (χ0v) is 32.3. The van der Waals surface area contributed by atoms with Gasteiger partial charge in [-0.2, -0.15) is 0 Å². The number of hydrogen-bond acceptors (Lipinski definition) is 9. The number of hydrogen-bond donors (Lipinski definition) is 1. The van der Waals surface area contributed by atoms with E-state index < -0.39 is 45.4 Å². The Labute approximate surface area is 274 Å². The molecular formula is C34H63O9PSi. The molecule has 0 aliphatic carbocycles. The van der Waals surface area contributed by atoms with Gasteiger partial charge in [-0.15, -0.1) is 0 Å². The average Bonchev–Trinajstić information content (AvgIpc) is 2.93. The third kappa shape index (κ3) is 13.9. The van der Waals surface area contributed by atoms with Gasteiger partial charge in [0.25, 0.3) is 0 Å². The Kier molecular flexibility index (Phi) is 16.7. The maximum absolute atomic E-state index is 13.4. The summed E-state index contributed by atoms with van der Waals surface area (Å²) >= 11 is 0. The highest BCUT2D eigenvalue weighted by atomic mass is 31.2. The van der Waals surface area contributed by atoms with Gasteiger partial charge in [0.2, 0.25) is 0 Å². The Morgan fingerprint density at radius 1 is 1.09 bits per heavy atom. The van der Waals surface area contributed by atoms with Crippen LogP contribution in [0.4, 0.5) is 0 Å². The second-order valence-corrected chi connectivity index (χ2v) is 21.5. The quantitative estimate of drug-likeness (QED) is 0.0383. The average molecular weight is 675 g/mol. The first-order chi connectivity index (χ1) is 20.6. The number of aliphatic hydroxyl groups excluding tert-OH is 1. The highest BCUT2D eigenvalue weighted by Gasteiger charge is 2.49. The number of unbranched alkanes of at least 4 members (excludes halogenated alkanes) is 1. The molecule has 0 spiro atoms. The van der Waals surface area contributed by atoms with Crippen molar-refractivity contribution in [3.8, 4) is 0 Å². The van der Waals surface area contributed by atoms with Gasteiger partial charge in [0.1, 0.15) is 0 Å². The second-order valence-electron chi connectivity index (χ2n) is 14.4. The summed E-state index contributed by atoms with van der Waals surface area (Å²) in [6.07, 6.45) is 9.18. The molecule has 11 heteroatoms. The van der Waals surface area contributed by atoms with Crippen LogP contribution < -0.4 is 0 Å². The van der Waals surface area contributed by atoms with E-state index in [4.69, 9.17) is 27.7 Å². The number of carbonyl (C=O) groups is 1. The number of allylic oxidation sites excluding steroid dienone is 5. The number of carbonyl (C=O) groups excluding carboxylic acids is 1. The van der Waals surface area contributed by atoms with E-state index in [0.717, 1.165) is 18.4 Å². The Bertz CT molecular complexity index is 1070. The van der Waals surface area contributed by atoms with Crippen LogP contribution >= 0.6 is 7.60 Å². The Morgan fingerprint density at radius 3 is 2.27 bits per heavy atom. The molecule has 0 aromatic heterocycles. The molecule has 4 atom stereocenters. The molecule has 45 heavy (non-hydrogen) atoms. The lowest BCUT2D eigenvalue weighted by molar-refractivity contribution is -0.318. The minimum atomic E-state index is -3.40. The molecule has 1 aliphatic heterocycles. The largest absolute Gasteiger partial charge is 0.465 e. The predicted molar refractivity (Wildman–Crippen MR) is 184 cm³/mol. The smallest absolute Gasteiger partial charge is 0.332 e. The van der Waals surface area contributed by atoms with Gasteiger partial charge in [-0.05, 0) is 78.9 Å². The topological polar surface area (TPSA) is 110 Å². The van der Waals surface area contributed by atoms with Crippen LogP contribution in [0, 0.1) is 5.41 Å². The van der Waals surface area contributed by atoms with Crippen LogP contribution in [0.25, 0.3) is 0 Å². The van der Waals surface area contributed by atoms with Crippen LogP contribution in [0.2, 0.25) is 18.1 Å². The lowest BCUT2D eigenvalue weighted by Crippen LogP contribution is -2.54. The summed E-state index contributed by atoms with van der Waals surface area (Å²) in [7, 11) is -2.57. The third-order valence-electron chi connectivity index (χ3n) is 8.85. The Hall–Kier alpha value is -1.10. The molecule has 1 saturated heterocycles. The van der Waals surface area contributed by atoms with E-state index >= 15 is 0 Å². The monoisotopic (exact) mass is 674 g/mol. The Balaban J connectivity index is 2.94. The zero-order valence-electron chi connectivity index (χ0n) is 30.4. The first-order valence-electron chi connectivity index (χ1n) is 16.2. The van der Waals surface area contributed by atoms with Crippen molar-refractivity contribution in [1.29, 1.82) is 0 Å². The van der Waals surface area contributed by atoms with E-state index in [9.17, 15) is 14.5 Å². The molecule has 1 N–H and O–H groups in total. The van der Waals surface area contributed by atoms with Gasteiger partial charge in [0.15, 0.2) is 14.1 Å². The number of rotatable bonds is 18. The summed E-state index contributed by atoms with van der Waals surface area (Å²) in [6.45, 7) is 23.6. The van der Waals surface area contributed by atoms with Crippen molar-refractivity contribution < 1.29 is 42.2 Å². The fraction of sp³-hybridized carbons (Fsp3) is 0.794. The van der Waals surface area contributed by atoms with Crippen LogP contribution in [0.3, 0.4) is 0 Å². The molecule has 1 unspecified atom stereocenters. The summed E-state index contributed by atoms with van der Waals surface area (Å²) in [5.74, 6) is -1.35. The SMILES string of the molecule is CCOC(=O)[C@](C)(C/C=C(C)/C=C/CC/C=C(\C)CO[Si](C)(C)C(C)(C)C)[C@H]1C[C@@H](CC(O)CP(=O)(OC)OC)OC(C)(C)O1. The van der Waals surface area contributed by atoms with Crippen molar-refractivity contribution >= 4 is 21.9 Å². The van der Waals surface area contributed by atoms with Crippen LogP contribution in [0.5, 0.6) is 0 Å². The van der Waals surface area contributed by atoms with Gasteiger partial charge in [-0.25, -0.2) is 0 Å². The van der Waals surface area contributed by atoms with Crippen molar-refractivity contribution in [1.82, 2.24) is 0 Å². The molecule has 1 rings (SSSR count). The highest BCUT2D eigenvalue weighted by Crippen LogP contribution is 2.48. The van der Waals surface area contributed by atoms with Crippen molar-refractivity contribution in [3.63, 3.8) is 0 Å². The van der Waals surface area contributed by atoms with Gasteiger partial charge >= 0.3 is 13.6 Å². The van der Waals surface area contributed by atoms with Crippen molar-refractivity contribution in [2.75, 3.05) is 33.6 Å². The summed E-state index contributed by atoms with van der Waals surface area (Å²) in [4.78, 5) is 13.4. The van der Waals surface area contributed by atoms with E-state index in [1.165, 1.54) is 19.8 Å². The van der Waals surface area contributed by atoms with Crippen molar-refractivity contribution in [3.05, 3.63) is 35.5 Å². The van der Waals surface area contributed by atoms with E-state index in [0.29, 0.717) is 19.4 Å². The first-order valence-corrected chi connectivity index (χ1v) is 20.8. The van der Waals surface area contributed by atoms with E-state index in [-0.39, 0.29) is 30.2 Å². The normalized spacial score (nSPS) is 22.4. The molecular weight excluding hydrogens is 611 g/mol. The van der Waals surface area contributed by atoms with E-state index in [1.54, 1.807) is 20.8 Å². The highest BCUT2D eigenvalue weighted by molar-refractivity contribution is 7.53. The standard InChI is InChI=1S/C34H63O9PSi/c1-14-40-31(36)34(9,30-23-29(42-33(7,8)43-30)22-28(35)25-44(37,38-10)39-11)21-20-26(2)18-16-15-17-19-27(3)24-41-45(12,13)32(4,5)6/h16,18-20,28-30,35H,14-15,17,21-25H2,1-13H3/b18-16+,26-20+,27-19+/t28?,29-,30-,34-/m1/s1. The van der Waals surface area contributed by atoms with Gasteiger partial charge in [0, 0.05) is 27.1 Å². The second kappa shape index (κ2) is 17.9. The molecule has 0 aromatic rings. The van der Waals surface area contributed by atoms with Crippen LogP contribution in [-0.4, -0.2) is 77.1 Å². The first kappa shape index (κ1) is 41.9. The molecule has 0 amide bonds. The molecule has 0 radical (unpaired) electrons. The summed E-state index contributed by atoms with van der Waals surface area (Å²) in [5, 5.41) is 10.9. The Morgan fingerprint density at radius 2 is 1.71 bits per heavy atom. The van der Waals surface area contributed by atoms with Gasteiger partial charge in [-0.3, -0.25) is 9.36 Å². The summed E-state index contributed by atoms with van der Waals surface area (Å²) in [6, 6.07) is 0. The third-order valence-corrected chi connectivity index (χ3v) is 15.3. The molecule has 0 aromatic carbocycles. The van der Waals surface area contributed by atoms with Crippen molar-refractivity contribution in [2.24, 2.45) is 5.41 Å². The molecule has 1 fully saturated rings. The molecule has 262 valence electrons. The summed E-state index contributed by atoms with van der Waals surface area (Å²) < 4.78 is 46.8. The maximum Gasteiger partial charge on any atom is 0.332 e. The van der Waals surface area contributed by atoms with Crippen LogP contribution in [0.15, 0.2) is 35.5 Å². The predicted octanol–water partition coefficient (Wildman–Crippen LogP) is 8.34. The molecule has 1 aliphatic rings. The fourth-order valence-corrected chi connectivity index (χ4v) is 6.98. The van der Waals surface area contributed by atoms with E-state index in [1.807, 2.05) is 19.9 Å². The van der Waals surface area contributed by atoms with Crippen LogP contribution in [0.1, 0.15) is 94.4 Å². The fourth-order valence-electron chi connectivity index (χ4n) is 4.85. The minimum absolute atomic E-state index is 0.157. The molecule has 0 saturated carbocycles. The van der Waals surface area contributed by atoms with Gasteiger partial charge in [0.05, 0.1) is 43.1 Å². The van der Waals surface area contributed by atoms with Gasteiger partial charge < -0.3 is 32.8 Å². The number of ether oxygens (including phenoxy) is 3. The number of esters is 1. The zero-order chi connectivity index (χ0) is 34.7. The maximum atomic E-state index is 13.4. The molecule has 9 nitrogen and oxygen atoms in total. The lowest BCUT2D eigenvalue weighted by Gasteiger charge is -2.46. The summed E-state index contributed by atoms with van der Waals surface area (Å²) in [5.41, 5.74) is 1.30. The molecule has 0 bridgehead atoms. The lowest BCUT2D eigenvalue weighted by atomic mass is 9.76. The van der Waals surface area contributed by atoms with E-state index in [2.05, 4.69) is 59.0 Å². The molecule has 1 heterocycles. The van der Waals surface area contributed by atoms with Crippen molar-refractivity contribution in [2.45, 2.75) is 137 Å².